The van der Waals surface area contributed by atoms with Crippen molar-refractivity contribution >= 4 is 47.3 Å². The van der Waals surface area contributed by atoms with E-state index in [-0.39, 0.29) is 129 Å². The van der Waals surface area contributed by atoms with E-state index < -0.39 is 107 Å². The van der Waals surface area contributed by atoms with Crippen molar-refractivity contribution < 1.29 is 58.0 Å². The molecular weight excluding hydrogens is 1310 g/mol. The molecule has 4 saturated carbocycles. The van der Waals surface area contributed by atoms with Crippen LogP contribution in [0.5, 0.6) is 23.0 Å². The monoisotopic (exact) mass is 1410 g/mol. The highest BCUT2D eigenvalue weighted by molar-refractivity contribution is 6.08. The van der Waals surface area contributed by atoms with Crippen LogP contribution in [-0.2, 0) is 0 Å². The number of rotatable bonds is 0. The average molecular weight is 1410 g/mol. The molecule has 18 bridgehead atoms. The third-order valence-corrected chi connectivity index (χ3v) is 22.8. The molecule has 0 spiro atoms. The van der Waals surface area contributed by atoms with Crippen LogP contribution in [0.2, 0.25) is 0 Å². The van der Waals surface area contributed by atoms with E-state index >= 15 is 19.2 Å². The number of phenols is 2. The van der Waals surface area contributed by atoms with Gasteiger partial charge in [-0.15, -0.1) is 0 Å². The highest BCUT2D eigenvalue weighted by Crippen LogP contribution is 2.39. The Balaban J connectivity index is 0.976. The van der Waals surface area contributed by atoms with Gasteiger partial charge in [-0.05, 0) is 244 Å². The van der Waals surface area contributed by atoms with Crippen LogP contribution in [0.1, 0.15) is 223 Å². The Morgan fingerprint density at radius 2 is 0.471 bits per heavy atom. The van der Waals surface area contributed by atoms with Crippen LogP contribution in [0, 0.1) is 99.1 Å². The van der Waals surface area contributed by atoms with Crippen molar-refractivity contribution in [3.05, 3.63) is 175 Å². The number of carbonyl (C=O) groups excluding carboxylic acids is 8. The number of benzene rings is 6. The Labute approximate surface area is 608 Å². The van der Waals surface area contributed by atoms with Gasteiger partial charge in [0.05, 0.1) is 44.5 Å². The molecule has 6 aromatic rings. The largest absolute Gasteiger partial charge is 0.506 e. The molecule has 542 valence electrons. The van der Waals surface area contributed by atoms with Crippen molar-refractivity contribution in [1.29, 1.82) is 0 Å². The van der Waals surface area contributed by atoms with E-state index in [1.165, 1.54) is 24.3 Å². The minimum absolute atomic E-state index is 0.0375. The first kappa shape index (κ1) is 73.2. The molecule has 104 heavy (non-hydrogen) atoms. The van der Waals surface area contributed by atoms with Gasteiger partial charge in [-0.3, -0.25) is 38.4 Å². The normalized spacial score (nSPS) is 28.3. The zero-order valence-electron chi connectivity index (χ0n) is 61.1. The Bertz CT molecular complexity index is 4070. The Kier molecular flexibility index (Phi) is 21.4. The summed E-state index contributed by atoms with van der Waals surface area (Å²) in [5.41, 5.74) is 4.77. The fourth-order valence-corrected chi connectivity index (χ4v) is 16.6. The first-order chi connectivity index (χ1) is 49.5. The number of hydrogen-bond donors (Lipinski definition) is 10. The van der Waals surface area contributed by atoms with E-state index in [1.54, 1.807) is 52.0 Å². The molecule has 6 aromatic carbocycles. The lowest BCUT2D eigenvalue weighted by molar-refractivity contribution is 0.0817. The van der Waals surface area contributed by atoms with Crippen molar-refractivity contribution in [3.63, 3.8) is 0 Å². The van der Waals surface area contributed by atoms with E-state index in [2.05, 4.69) is 66.6 Å². The number of hydrogen-bond acceptors (Lipinski definition) is 12. The van der Waals surface area contributed by atoms with Crippen LogP contribution in [-0.4, -0.2) is 106 Å². The lowest BCUT2D eigenvalue weighted by atomic mass is 9.76. The molecule has 20 heteroatoms. The second kappa shape index (κ2) is 30.4. The summed E-state index contributed by atoms with van der Waals surface area (Å²) in [5, 5.41) is 49.5. The first-order valence-corrected chi connectivity index (χ1v) is 36.5. The second-order valence-electron chi connectivity index (χ2n) is 31.0. The molecule has 0 saturated heterocycles. The van der Waals surface area contributed by atoms with Crippen LogP contribution < -0.4 is 52.0 Å². The van der Waals surface area contributed by atoms with Crippen molar-refractivity contribution in [2.45, 2.75) is 183 Å². The minimum Gasteiger partial charge on any atom is -0.506 e. The zero-order chi connectivity index (χ0) is 74.3. The Hall–Kier alpha value is -10.6. The van der Waals surface area contributed by atoms with Gasteiger partial charge >= 0.3 is 0 Å². The summed E-state index contributed by atoms with van der Waals surface area (Å²) in [6.07, 6.45) is 9.05. The van der Waals surface area contributed by atoms with Gasteiger partial charge in [0.1, 0.15) is 23.7 Å². The molecule has 0 radical (unpaired) electrons. The summed E-state index contributed by atoms with van der Waals surface area (Å²) >= 11 is 0. The van der Waals surface area contributed by atoms with Gasteiger partial charge in [0.2, 0.25) is 0 Å². The molecule has 10 N–H and O–H groups in total. The molecule has 16 rings (SSSR count). The summed E-state index contributed by atoms with van der Waals surface area (Å²) < 4.78 is 12.7. The molecule has 4 fully saturated rings. The second-order valence-corrected chi connectivity index (χ2v) is 31.0. The van der Waals surface area contributed by atoms with Gasteiger partial charge in [-0.1, -0.05) is 79.7 Å². The molecular formula is C84H94N8O12. The van der Waals surface area contributed by atoms with E-state index in [1.807, 2.05) is 104 Å². The average Bonchev–Trinajstić information content (AvgIpc) is 0.790. The maximum absolute atomic E-state index is 15.1. The summed E-state index contributed by atoms with van der Waals surface area (Å²) in [5.74, 6) is -0.500. The molecule has 8 amide bonds. The minimum atomic E-state index is -0.615. The van der Waals surface area contributed by atoms with E-state index in [0.717, 1.165) is 11.1 Å². The number of ether oxygens (including phenoxy) is 2. The molecule has 6 heterocycles. The third-order valence-electron chi connectivity index (χ3n) is 22.8. The molecule has 4 aliphatic carbocycles. The quantitative estimate of drug-likeness (QED) is 0.0636. The summed E-state index contributed by atoms with van der Waals surface area (Å²) in [6.45, 7) is 23.1. The van der Waals surface area contributed by atoms with Gasteiger partial charge in [0.15, 0.2) is 11.5 Å². The number of phenolic OH excluding ortho intramolecular Hbond substituents is 2. The van der Waals surface area contributed by atoms with Gasteiger partial charge < -0.3 is 62.2 Å². The summed E-state index contributed by atoms with van der Waals surface area (Å²) in [6, 6.07) is 23.4. The van der Waals surface area contributed by atoms with E-state index in [0.29, 0.717) is 59.1 Å². The maximum atomic E-state index is 15.1. The smallest absolute Gasteiger partial charge is 0.255 e. The van der Waals surface area contributed by atoms with Crippen LogP contribution in [0.15, 0.2) is 97.1 Å². The lowest BCUT2D eigenvalue weighted by Crippen LogP contribution is -2.53. The number of aromatic hydroxyl groups is 2. The van der Waals surface area contributed by atoms with E-state index in [4.69, 9.17) is 9.47 Å². The predicted octanol–water partition coefficient (Wildman–Crippen LogP) is 11.3. The first-order valence-electron chi connectivity index (χ1n) is 36.5. The SMILES string of the molecule is Cc1cc2c(O)c(c1)C(=O)NC1CC(NC(=O)c3cc(C)cc4c3OC#Cc3ccc(cc3)-c3ccc(cc3)C#COc3c(cc(C)cc3C(=O)NC3CC(NC(=O)c5cc(C)cc(c5O)C(=O)NC5CC(NC4=O)C(C)CC5C)C(C)CC3C)C(=O)NC3CC(NC2=O)C(C)CC3C)C(C)CC1C. The van der Waals surface area contributed by atoms with Crippen molar-refractivity contribution in [2.24, 2.45) is 47.3 Å². The van der Waals surface area contributed by atoms with Crippen molar-refractivity contribution in [1.82, 2.24) is 42.5 Å². The standard InChI is InChI=1S/C84H94N8O12/c1-41-25-57-73(93)58(26-41)78(96)86-66-38-70(50(10)34-46(66)6)90-82(100)62-30-44(4)32-64-76(62)104-24-22-54-15-19-56(20-16-54)55-17-13-53(14-18-55)21-23-103-75-61(81(99)89-69-37-65(85-77(57)95)45(5)33-49(69)9)29-43(3)31-63(75)83(101)91-71-39-67(47(7)35-51(71)11)87-79(97)59-27-42(2)28-60(74(59)94)80(98)88-68-40-72(92-84(64)102)52(12)36-48(68)8/h13-20,25-32,45-52,65-72,93-94H,33-40H2,1-12H3,(H,85,95)(H,86,96)(H,87,97)(H,88,98)(H,89,99)(H,90,100)(H,91,101)(H,92,102). The summed E-state index contributed by atoms with van der Waals surface area (Å²) in [4.78, 5) is 119. The highest BCUT2D eigenvalue weighted by atomic mass is 16.5. The molecule has 0 aromatic heterocycles. The number of amides is 8. The Morgan fingerprint density at radius 1 is 0.288 bits per heavy atom. The number of aryl methyl sites for hydroxylation is 4. The number of carbonyl (C=O) groups is 8. The van der Waals surface area contributed by atoms with Gasteiger partial charge in [-0.2, -0.15) is 0 Å². The highest BCUT2D eigenvalue weighted by Gasteiger charge is 2.42. The predicted molar refractivity (Wildman–Crippen MR) is 395 cm³/mol. The molecule has 10 aliphatic rings. The Morgan fingerprint density at radius 3 is 0.673 bits per heavy atom. The van der Waals surface area contributed by atoms with Crippen molar-refractivity contribution in [2.75, 3.05) is 0 Å². The summed E-state index contributed by atoms with van der Waals surface area (Å²) in [7, 11) is 0. The van der Waals surface area contributed by atoms with Crippen molar-refractivity contribution in [3.8, 4) is 58.2 Å². The lowest BCUT2D eigenvalue weighted by Gasteiger charge is -2.40. The van der Waals surface area contributed by atoms with Gasteiger partial charge in [0, 0.05) is 59.5 Å². The molecule has 16 atom stereocenters. The zero-order valence-corrected chi connectivity index (χ0v) is 61.1. The van der Waals surface area contributed by atoms with E-state index in [9.17, 15) is 29.4 Å². The van der Waals surface area contributed by atoms with Gasteiger partial charge in [0.25, 0.3) is 47.3 Å². The van der Waals surface area contributed by atoms with Crippen LogP contribution in [0.4, 0.5) is 0 Å². The van der Waals surface area contributed by atoms with Crippen LogP contribution in [0.3, 0.4) is 0 Å². The molecule has 20 nitrogen and oxygen atoms in total. The van der Waals surface area contributed by atoms with Gasteiger partial charge in [-0.25, -0.2) is 0 Å². The third kappa shape index (κ3) is 15.8. The molecule has 16 unspecified atom stereocenters. The molecule has 6 aliphatic heterocycles. The fraction of sp³-hybridized carbons (Fsp3) is 0.429. The van der Waals surface area contributed by atoms with Crippen LogP contribution in [0.25, 0.3) is 11.1 Å². The fourth-order valence-electron chi connectivity index (χ4n) is 16.6. The topological polar surface area (TPSA) is 292 Å². The number of nitrogens with one attached hydrogen (secondary N) is 8. The van der Waals surface area contributed by atoms with Crippen LogP contribution >= 0.6 is 0 Å². The maximum Gasteiger partial charge on any atom is 0.255 e.